The van der Waals surface area contributed by atoms with Crippen molar-refractivity contribution in [3.8, 4) is 5.75 Å². The Kier molecular flexibility index (Phi) is 4.46. The first-order chi connectivity index (χ1) is 8.24. The van der Waals surface area contributed by atoms with Gasteiger partial charge in [-0.1, -0.05) is 29.8 Å². The maximum atomic E-state index is 5.85. The Balaban J connectivity index is 2.28. The average molecular weight is 298 g/mol. The molecule has 0 aromatic heterocycles. The minimum absolute atomic E-state index is 0.861. The molecule has 0 unspecified atom stereocenters. The number of hydrogen-bond acceptors (Lipinski definition) is 2. The quantitative estimate of drug-likeness (QED) is 0.842. The van der Waals surface area contributed by atoms with Gasteiger partial charge in [-0.25, -0.2) is 0 Å². The number of aryl methyl sites for hydroxylation is 1. The van der Waals surface area contributed by atoms with Crippen LogP contribution in [-0.4, -0.2) is 24.6 Å². The van der Waals surface area contributed by atoms with Gasteiger partial charge in [0, 0.05) is 16.6 Å². The zero-order chi connectivity index (χ0) is 12.3. The number of halogens is 1. The summed E-state index contributed by atoms with van der Waals surface area (Å²) in [6, 6.07) is 4.39. The van der Waals surface area contributed by atoms with Crippen molar-refractivity contribution in [1.82, 2.24) is 4.90 Å². The first-order valence-electron chi connectivity index (χ1n) is 6.41. The lowest BCUT2D eigenvalue weighted by Gasteiger charge is -2.24. The number of benzene rings is 1. The molecule has 0 amide bonds. The van der Waals surface area contributed by atoms with Crippen molar-refractivity contribution in [2.75, 3.05) is 19.7 Å². The van der Waals surface area contributed by atoms with Crippen molar-refractivity contribution < 1.29 is 4.74 Å². The second-order valence-corrected chi connectivity index (χ2v) is 5.38. The predicted molar refractivity (Wildman–Crippen MR) is 74.6 cm³/mol. The van der Waals surface area contributed by atoms with Crippen LogP contribution in [0.3, 0.4) is 0 Å². The molecule has 0 saturated heterocycles. The van der Waals surface area contributed by atoms with Gasteiger partial charge in [0.1, 0.15) is 5.75 Å². The molecule has 17 heavy (non-hydrogen) atoms. The molecule has 1 aromatic rings. The normalized spacial score (nSPS) is 14.6. The highest BCUT2D eigenvalue weighted by atomic mass is 79.9. The number of hydrogen-bond donors (Lipinski definition) is 0. The zero-order valence-electron chi connectivity index (χ0n) is 10.6. The van der Waals surface area contributed by atoms with Crippen LogP contribution in [0.1, 0.15) is 31.4 Å². The molecule has 2 rings (SSSR count). The van der Waals surface area contributed by atoms with Crippen LogP contribution in [0.5, 0.6) is 5.75 Å². The molecule has 94 valence electrons. The summed E-state index contributed by atoms with van der Waals surface area (Å²) in [4.78, 5) is 2.42. The predicted octanol–water partition coefficient (Wildman–Crippen LogP) is 3.62. The van der Waals surface area contributed by atoms with Crippen molar-refractivity contribution in [2.24, 2.45) is 0 Å². The van der Waals surface area contributed by atoms with Crippen LogP contribution < -0.4 is 4.74 Å². The van der Waals surface area contributed by atoms with E-state index in [1.807, 2.05) is 0 Å². The molecule has 0 aliphatic carbocycles. The van der Waals surface area contributed by atoms with Gasteiger partial charge in [-0.15, -0.1) is 0 Å². The summed E-state index contributed by atoms with van der Waals surface area (Å²) in [7, 11) is 0. The largest absolute Gasteiger partial charge is 0.493 e. The minimum atomic E-state index is 0.861. The van der Waals surface area contributed by atoms with Crippen molar-refractivity contribution in [2.45, 2.75) is 33.2 Å². The third-order valence-electron chi connectivity index (χ3n) is 3.33. The van der Waals surface area contributed by atoms with Crippen molar-refractivity contribution >= 4 is 15.9 Å². The van der Waals surface area contributed by atoms with Gasteiger partial charge in [0.2, 0.25) is 0 Å². The third-order valence-corrected chi connectivity index (χ3v) is 3.79. The number of ether oxygens (including phenoxy) is 1. The fourth-order valence-electron chi connectivity index (χ4n) is 2.33. The topological polar surface area (TPSA) is 12.5 Å². The van der Waals surface area contributed by atoms with E-state index in [-0.39, 0.29) is 0 Å². The third kappa shape index (κ3) is 3.02. The van der Waals surface area contributed by atoms with Gasteiger partial charge in [0.15, 0.2) is 0 Å². The lowest BCUT2D eigenvalue weighted by Crippen LogP contribution is -2.23. The Labute approximate surface area is 112 Å². The number of fused-ring (bicyclic) bond motifs is 1. The van der Waals surface area contributed by atoms with Gasteiger partial charge >= 0.3 is 0 Å². The Bertz CT molecular complexity index is 388. The Hall–Kier alpha value is -0.540. The molecule has 1 aliphatic rings. The molecule has 3 heteroatoms. The molecule has 1 heterocycles. The van der Waals surface area contributed by atoms with Gasteiger partial charge in [-0.3, -0.25) is 4.90 Å². The van der Waals surface area contributed by atoms with Gasteiger partial charge in [-0.2, -0.15) is 0 Å². The van der Waals surface area contributed by atoms with Crippen LogP contribution in [0.25, 0.3) is 0 Å². The molecule has 0 radical (unpaired) electrons. The molecule has 0 N–H and O–H groups in total. The molecular weight excluding hydrogens is 278 g/mol. The summed E-state index contributed by atoms with van der Waals surface area (Å²) < 4.78 is 7.02. The Morgan fingerprint density at radius 2 is 2.06 bits per heavy atom. The van der Waals surface area contributed by atoms with E-state index in [2.05, 4.69) is 46.8 Å². The van der Waals surface area contributed by atoms with Crippen molar-refractivity contribution in [3.05, 3.63) is 27.7 Å². The molecule has 0 spiro atoms. The van der Waals surface area contributed by atoms with Crippen molar-refractivity contribution in [3.63, 3.8) is 0 Å². The fourth-order valence-corrected chi connectivity index (χ4v) is 2.88. The minimum Gasteiger partial charge on any atom is -0.493 e. The van der Waals surface area contributed by atoms with E-state index in [0.29, 0.717) is 0 Å². The van der Waals surface area contributed by atoms with Crippen LogP contribution in [0.2, 0.25) is 0 Å². The molecule has 0 bridgehead atoms. The molecular formula is C14H20BrNO. The van der Waals surface area contributed by atoms with Crippen molar-refractivity contribution in [1.29, 1.82) is 0 Å². The molecule has 1 aliphatic heterocycles. The molecule has 0 saturated carbocycles. The van der Waals surface area contributed by atoms with E-state index >= 15 is 0 Å². The zero-order valence-corrected chi connectivity index (χ0v) is 12.2. The summed E-state index contributed by atoms with van der Waals surface area (Å²) in [6.07, 6.45) is 2.27. The van der Waals surface area contributed by atoms with Crippen LogP contribution in [0.4, 0.5) is 0 Å². The van der Waals surface area contributed by atoms with Crippen LogP contribution in [0.15, 0.2) is 16.6 Å². The maximum Gasteiger partial charge on any atom is 0.127 e. The van der Waals surface area contributed by atoms with E-state index in [4.69, 9.17) is 4.74 Å². The van der Waals surface area contributed by atoms with Gasteiger partial charge < -0.3 is 4.74 Å². The standard InChI is InChI=1S/C14H20BrNO/c1-3-16(4-2)10-12-9-13(15)8-11-6-5-7-17-14(11)12/h8-9H,3-7,10H2,1-2H3. The molecule has 2 nitrogen and oxygen atoms in total. The van der Waals surface area contributed by atoms with Crippen LogP contribution >= 0.6 is 15.9 Å². The highest BCUT2D eigenvalue weighted by molar-refractivity contribution is 9.10. The summed E-state index contributed by atoms with van der Waals surface area (Å²) in [5.41, 5.74) is 2.67. The summed E-state index contributed by atoms with van der Waals surface area (Å²) >= 11 is 3.60. The maximum absolute atomic E-state index is 5.85. The lowest BCUT2D eigenvalue weighted by atomic mass is 10.0. The van der Waals surface area contributed by atoms with E-state index in [1.54, 1.807) is 0 Å². The molecule has 0 fully saturated rings. The highest BCUT2D eigenvalue weighted by Gasteiger charge is 2.16. The van der Waals surface area contributed by atoms with Crippen LogP contribution in [-0.2, 0) is 13.0 Å². The number of nitrogens with zero attached hydrogens (tertiary/aromatic N) is 1. The van der Waals surface area contributed by atoms with Gasteiger partial charge in [0.05, 0.1) is 6.61 Å². The second-order valence-electron chi connectivity index (χ2n) is 4.47. The lowest BCUT2D eigenvalue weighted by molar-refractivity contribution is 0.263. The fraction of sp³-hybridized carbons (Fsp3) is 0.571. The number of rotatable bonds is 4. The van der Waals surface area contributed by atoms with Crippen LogP contribution in [0, 0.1) is 0 Å². The Morgan fingerprint density at radius 3 is 2.76 bits per heavy atom. The average Bonchev–Trinajstić information content (AvgIpc) is 2.35. The summed E-state index contributed by atoms with van der Waals surface area (Å²) in [6.45, 7) is 8.41. The molecule has 0 atom stereocenters. The van der Waals surface area contributed by atoms with E-state index < -0.39 is 0 Å². The second kappa shape index (κ2) is 5.87. The highest BCUT2D eigenvalue weighted by Crippen LogP contribution is 2.33. The Morgan fingerprint density at radius 1 is 1.29 bits per heavy atom. The SMILES string of the molecule is CCN(CC)Cc1cc(Br)cc2c1OCCC2. The van der Waals surface area contributed by atoms with E-state index in [1.165, 1.54) is 15.6 Å². The van der Waals surface area contributed by atoms with E-state index in [9.17, 15) is 0 Å². The first kappa shape index (κ1) is 12.9. The van der Waals surface area contributed by atoms with E-state index in [0.717, 1.165) is 44.8 Å². The first-order valence-corrected chi connectivity index (χ1v) is 7.20. The smallest absolute Gasteiger partial charge is 0.127 e. The summed E-state index contributed by atoms with van der Waals surface area (Å²) in [5.74, 6) is 1.13. The van der Waals surface area contributed by atoms with Gasteiger partial charge in [0.25, 0.3) is 0 Å². The molecule has 1 aromatic carbocycles. The summed E-state index contributed by atoms with van der Waals surface area (Å²) in [5, 5.41) is 0. The monoisotopic (exact) mass is 297 g/mol. The van der Waals surface area contributed by atoms with Gasteiger partial charge in [-0.05, 0) is 43.6 Å².